The fourth-order valence-corrected chi connectivity index (χ4v) is 15.3. The summed E-state index contributed by atoms with van der Waals surface area (Å²) in [4.78, 5) is 4.98. The molecule has 2 heteroatoms. The van der Waals surface area contributed by atoms with Crippen molar-refractivity contribution >= 4 is 34.1 Å². The molecule has 0 aromatic heterocycles. The first-order valence-electron chi connectivity index (χ1n) is 30.6. The summed E-state index contributed by atoms with van der Waals surface area (Å²) < 4.78 is 0. The minimum absolute atomic E-state index is 0. The van der Waals surface area contributed by atoms with Gasteiger partial charge in [0, 0.05) is 35.3 Å². The van der Waals surface area contributed by atoms with Crippen LogP contribution in [0.4, 0.5) is 34.1 Å². The summed E-state index contributed by atoms with van der Waals surface area (Å²) in [6.45, 7) is 0. The standard InChI is InChI=1S/C86H58N2.CH4.H2/c1-5-23-59(24-6-1)63-43-51-67(52-44-63)87(68-53-45-64(46-54-68)60-25-7-2-8-26-60)81-41-21-39-79-83(81)71-31-13-15-33-73(71)85(79)75-35-17-19-37-77(75)86(78-38-20-18-36-76(78)85)74-34-16-14-32-72(74)84-80(86)40-22-42-82(84)88(69-55-47-65(48-56-69)61-27-9-3-10-28-61)70-57-49-66(50-58-70)62-29-11-4-12-30-62;;/h1-58H;1H4;1H. The van der Waals surface area contributed by atoms with Crippen LogP contribution in [0.3, 0.4) is 0 Å². The quantitative estimate of drug-likeness (QED) is 0.135. The molecular formula is C87H64N2. The predicted molar refractivity (Wildman–Crippen MR) is 375 cm³/mol. The Hall–Kier alpha value is -11.3. The first-order valence-corrected chi connectivity index (χ1v) is 30.6. The molecular weight excluding hydrogens is 1070 g/mol. The van der Waals surface area contributed by atoms with E-state index in [0.29, 0.717) is 0 Å². The first kappa shape index (κ1) is 53.2. The van der Waals surface area contributed by atoms with Crippen LogP contribution in [0.2, 0.25) is 0 Å². The number of benzene rings is 14. The van der Waals surface area contributed by atoms with Gasteiger partial charge in [-0.05, 0) is 161 Å². The monoisotopic (exact) mass is 1140 g/mol. The van der Waals surface area contributed by atoms with E-state index in [1.807, 2.05) is 0 Å². The molecule has 0 N–H and O–H groups in total. The average molecular weight is 1140 g/mol. The maximum Gasteiger partial charge on any atom is 0.0720 e. The van der Waals surface area contributed by atoms with E-state index >= 15 is 0 Å². The number of nitrogens with zero attached hydrogens (tertiary/aromatic N) is 2. The second kappa shape index (κ2) is 21.6. The Morgan fingerprint density at radius 2 is 0.393 bits per heavy atom. The molecule has 14 aromatic rings. The fourth-order valence-electron chi connectivity index (χ4n) is 15.3. The summed E-state index contributed by atoms with van der Waals surface area (Å²) in [7, 11) is 0. The molecule has 17 rings (SSSR count). The van der Waals surface area contributed by atoms with E-state index in [4.69, 9.17) is 0 Å². The van der Waals surface area contributed by atoms with Gasteiger partial charge in [0.2, 0.25) is 0 Å². The zero-order valence-corrected chi connectivity index (χ0v) is 48.4. The van der Waals surface area contributed by atoms with E-state index in [0.717, 1.165) is 34.1 Å². The summed E-state index contributed by atoms with van der Waals surface area (Å²) in [5, 5.41) is 0. The third kappa shape index (κ3) is 8.18. The van der Waals surface area contributed by atoms with Crippen LogP contribution in [-0.2, 0) is 10.8 Å². The molecule has 0 bridgehead atoms. The second-order valence-corrected chi connectivity index (χ2v) is 23.4. The van der Waals surface area contributed by atoms with Gasteiger partial charge in [0.1, 0.15) is 0 Å². The van der Waals surface area contributed by atoms with Gasteiger partial charge in [-0.15, -0.1) is 0 Å². The van der Waals surface area contributed by atoms with E-state index in [9.17, 15) is 0 Å². The summed E-state index contributed by atoms with van der Waals surface area (Å²) >= 11 is 0. The van der Waals surface area contributed by atoms with Crippen molar-refractivity contribution in [1.29, 1.82) is 0 Å². The molecule has 2 nitrogen and oxygen atoms in total. The highest BCUT2D eigenvalue weighted by Gasteiger charge is 2.59. The van der Waals surface area contributed by atoms with E-state index in [-0.39, 0.29) is 8.85 Å². The van der Waals surface area contributed by atoms with Crippen molar-refractivity contribution in [1.82, 2.24) is 0 Å². The Labute approximate surface area is 523 Å². The maximum atomic E-state index is 2.49. The van der Waals surface area contributed by atoms with Gasteiger partial charge in [-0.25, -0.2) is 0 Å². The Morgan fingerprint density at radius 1 is 0.180 bits per heavy atom. The maximum absolute atomic E-state index is 2.49. The Balaban J connectivity index is 0.00000338. The van der Waals surface area contributed by atoms with Crippen LogP contribution >= 0.6 is 0 Å². The SMILES string of the molecule is C.[HH].c1ccc(-c2ccc(N(c3ccc(-c4ccccc4)cc3)c3cccc4c3-c3ccccc3C43c4ccccc4C4(c5ccccc5-c5c(N(c6ccc(-c7ccccc7)cc6)c6ccc(-c7ccccc7)cc6)cccc54)c4ccccc43)cc2)cc1. The summed E-state index contributed by atoms with van der Waals surface area (Å²) in [6, 6.07) is 131. The Kier molecular flexibility index (Phi) is 12.9. The van der Waals surface area contributed by atoms with Crippen molar-refractivity contribution in [2.75, 3.05) is 9.80 Å². The van der Waals surface area contributed by atoms with Crippen molar-refractivity contribution in [3.05, 3.63) is 396 Å². The molecule has 89 heavy (non-hydrogen) atoms. The second-order valence-electron chi connectivity index (χ2n) is 23.4. The van der Waals surface area contributed by atoms with E-state index < -0.39 is 10.8 Å². The molecule has 0 amide bonds. The molecule has 0 saturated carbocycles. The molecule has 0 fully saturated rings. The minimum Gasteiger partial charge on any atom is -0.310 e. The molecule has 3 aliphatic rings. The number of hydrogen-bond acceptors (Lipinski definition) is 2. The smallest absolute Gasteiger partial charge is 0.0720 e. The Morgan fingerprint density at radius 3 is 0.663 bits per heavy atom. The van der Waals surface area contributed by atoms with Crippen LogP contribution in [0.15, 0.2) is 352 Å². The average Bonchev–Trinajstić information content (AvgIpc) is 1.43. The van der Waals surface area contributed by atoms with E-state index in [2.05, 4.69) is 362 Å². The van der Waals surface area contributed by atoms with Crippen molar-refractivity contribution in [2.45, 2.75) is 18.3 Å². The van der Waals surface area contributed by atoms with Gasteiger partial charge in [0.25, 0.3) is 0 Å². The number of fused-ring (bicyclic) bond motifs is 16. The molecule has 0 unspecified atom stereocenters. The van der Waals surface area contributed by atoms with Gasteiger partial charge in [-0.1, -0.05) is 299 Å². The van der Waals surface area contributed by atoms with Crippen LogP contribution in [0.25, 0.3) is 66.8 Å². The molecule has 0 atom stereocenters. The lowest BCUT2D eigenvalue weighted by atomic mass is 9.52. The predicted octanol–water partition coefficient (Wildman–Crippen LogP) is 23.2. The highest BCUT2D eigenvalue weighted by molar-refractivity contribution is 6.02. The third-order valence-electron chi connectivity index (χ3n) is 19.0. The van der Waals surface area contributed by atoms with Crippen molar-refractivity contribution in [3.63, 3.8) is 0 Å². The number of hydrogen-bond donors (Lipinski definition) is 0. The summed E-state index contributed by atoms with van der Waals surface area (Å²) in [6.07, 6.45) is 0. The Bertz CT molecular complexity index is 4400. The van der Waals surface area contributed by atoms with Crippen molar-refractivity contribution in [3.8, 4) is 66.8 Å². The largest absolute Gasteiger partial charge is 0.310 e. The van der Waals surface area contributed by atoms with Gasteiger partial charge < -0.3 is 9.80 Å². The molecule has 0 heterocycles. The van der Waals surface area contributed by atoms with Gasteiger partial charge in [-0.2, -0.15) is 0 Å². The van der Waals surface area contributed by atoms with Gasteiger partial charge in [-0.3, -0.25) is 0 Å². The summed E-state index contributed by atoms with van der Waals surface area (Å²) in [5.41, 5.74) is 30.0. The van der Waals surface area contributed by atoms with Crippen molar-refractivity contribution < 1.29 is 1.43 Å². The van der Waals surface area contributed by atoms with E-state index in [1.165, 1.54) is 111 Å². The molecule has 14 aromatic carbocycles. The van der Waals surface area contributed by atoms with Crippen LogP contribution < -0.4 is 9.80 Å². The lowest BCUT2D eigenvalue weighted by molar-refractivity contribution is 0.633. The van der Waals surface area contributed by atoms with Gasteiger partial charge in [0.05, 0.1) is 22.2 Å². The minimum atomic E-state index is -0.692. The normalized spacial score (nSPS) is 15.2. The van der Waals surface area contributed by atoms with Crippen molar-refractivity contribution in [2.24, 2.45) is 0 Å². The van der Waals surface area contributed by atoms with Crippen LogP contribution in [-0.4, -0.2) is 0 Å². The van der Waals surface area contributed by atoms with E-state index in [1.54, 1.807) is 0 Å². The number of rotatable bonds is 10. The molecule has 0 saturated heterocycles. The number of anilines is 6. The third-order valence-corrected chi connectivity index (χ3v) is 19.0. The van der Waals surface area contributed by atoms with Crippen LogP contribution in [0, 0.1) is 0 Å². The molecule has 0 radical (unpaired) electrons. The van der Waals surface area contributed by atoms with Gasteiger partial charge in [0.15, 0.2) is 0 Å². The highest BCUT2D eigenvalue weighted by atomic mass is 15.2. The molecule has 0 aliphatic heterocycles. The molecule has 422 valence electrons. The van der Waals surface area contributed by atoms with Crippen LogP contribution in [0.5, 0.6) is 0 Å². The first-order chi connectivity index (χ1) is 43.7. The molecule has 3 aliphatic carbocycles. The highest BCUT2D eigenvalue weighted by Crippen LogP contribution is 2.69. The molecule has 2 spiro atoms. The lowest BCUT2D eigenvalue weighted by Gasteiger charge is -2.49. The zero-order valence-electron chi connectivity index (χ0n) is 48.4. The zero-order chi connectivity index (χ0) is 58.2. The summed E-state index contributed by atoms with van der Waals surface area (Å²) in [5.74, 6) is 0. The fraction of sp³-hybridized carbons (Fsp3) is 0.0345. The lowest BCUT2D eigenvalue weighted by Crippen LogP contribution is -2.43. The van der Waals surface area contributed by atoms with Crippen LogP contribution in [0.1, 0.15) is 53.4 Å². The van der Waals surface area contributed by atoms with Gasteiger partial charge >= 0.3 is 0 Å². The topological polar surface area (TPSA) is 6.48 Å².